The van der Waals surface area contributed by atoms with Gasteiger partial charge in [0.05, 0.1) is 5.56 Å². The Morgan fingerprint density at radius 2 is 1.61 bits per heavy atom. The van der Waals surface area contributed by atoms with Crippen molar-refractivity contribution in [1.29, 1.82) is 0 Å². The number of carbonyl (C=O) groups excluding carboxylic acids is 1. The number of carboxylic acid groups (broad SMARTS) is 1. The predicted octanol–water partition coefficient (Wildman–Crippen LogP) is 7.62. The van der Waals surface area contributed by atoms with Gasteiger partial charge < -0.3 is 10.4 Å². The molecule has 2 aliphatic rings. The highest BCUT2D eigenvalue weighted by atomic mass is 16.4. The third-order valence-electron chi connectivity index (χ3n) is 9.36. The van der Waals surface area contributed by atoms with Gasteiger partial charge in [-0.1, -0.05) is 82.3 Å². The standard InChI is InChI=1S/C34H39NO3/c1-22(2)23-14-16-30-24(19-23)13-15-25-20-33(3,17-18-34(25,30)4)21-35-31(36)28-11-7-5-9-26(28)27-10-6-8-12-29(27)32(37)38/h5-12,14,16,19,22,25H,13,15,17-18,20-21H2,1-4H3,(H,35,36)(H,37,38)/t25-,33+,34-/m0/s1. The van der Waals surface area contributed by atoms with Crippen LogP contribution in [-0.2, 0) is 11.8 Å². The maximum atomic E-state index is 13.4. The Labute approximate surface area is 226 Å². The summed E-state index contributed by atoms with van der Waals surface area (Å²) in [6, 6.07) is 21.3. The van der Waals surface area contributed by atoms with Gasteiger partial charge in [0.2, 0.25) is 0 Å². The maximum absolute atomic E-state index is 13.4. The summed E-state index contributed by atoms with van der Waals surface area (Å²) in [6.45, 7) is 9.92. The maximum Gasteiger partial charge on any atom is 0.336 e. The fraction of sp³-hybridized carbons (Fsp3) is 0.412. The molecule has 0 saturated heterocycles. The molecule has 2 aliphatic carbocycles. The Balaban J connectivity index is 1.32. The molecule has 0 heterocycles. The van der Waals surface area contributed by atoms with Crippen LogP contribution in [0.3, 0.4) is 0 Å². The number of fused-ring (bicyclic) bond motifs is 3. The normalized spacial score (nSPS) is 24.4. The summed E-state index contributed by atoms with van der Waals surface area (Å²) >= 11 is 0. The van der Waals surface area contributed by atoms with Gasteiger partial charge >= 0.3 is 5.97 Å². The first-order chi connectivity index (χ1) is 18.1. The number of aryl methyl sites for hydroxylation is 1. The Bertz CT molecular complexity index is 1380. The van der Waals surface area contributed by atoms with Crippen LogP contribution in [0.25, 0.3) is 11.1 Å². The number of amides is 1. The van der Waals surface area contributed by atoms with Crippen LogP contribution in [0, 0.1) is 11.3 Å². The van der Waals surface area contributed by atoms with Crippen molar-refractivity contribution in [2.45, 2.75) is 71.1 Å². The lowest BCUT2D eigenvalue weighted by atomic mass is 9.53. The molecule has 198 valence electrons. The summed E-state index contributed by atoms with van der Waals surface area (Å²) in [5, 5.41) is 12.9. The molecule has 0 bridgehead atoms. The van der Waals surface area contributed by atoms with Crippen LogP contribution in [0.5, 0.6) is 0 Å². The molecular weight excluding hydrogens is 470 g/mol. The molecule has 3 aromatic rings. The van der Waals surface area contributed by atoms with Gasteiger partial charge in [-0.15, -0.1) is 0 Å². The molecule has 0 spiro atoms. The molecule has 3 aromatic carbocycles. The topological polar surface area (TPSA) is 66.4 Å². The SMILES string of the molecule is CC(C)c1ccc2c(c1)CC[C@H]1C[C@](C)(CNC(=O)c3ccccc3-c3ccccc3C(=O)O)CC[C@]21C. The van der Waals surface area contributed by atoms with E-state index in [0.717, 1.165) is 25.7 Å². The number of rotatable bonds is 6. The highest BCUT2D eigenvalue weighted by Gasteiger charge is 2.48. The molecule has 3 atom stereocenters. The second-order valence-electron chi connectivity index (χ2n) is 12.3. The van der Waals surface area contributed by atoms with Crippen LogP contribution in [-0.4, -0.2) is 23.5 Å². The highest BCUT2D eigenvalue weighted by Crippen LogP contribution is 2.55. The van der Waals surface area contributed by atoms with Gasteiger partial charge in [0.15, 0.2) is 0 Å². The number of aromatic carboxylic acids is 1. The largest absolute Gasteiger partial charge is 0.478 e. The van der Waals surface area contributed by atoms with Gasteiger partial charge in [0.1, 0.15) is 0 Å². The number of hydrogen-bond donors (Lipinski definition) is 2. The summed E-state index contributed by atoms with van der Waals surface area (Å²) in [7, 11) is 0. The molecule has 0 aromatic heterocycles. The molecule has 38 heavy (non-hydrogen) atoms. The van der Waals surface area contributed by atoms with Crippen molar-refractivity contribution < 1.29 is 14.7 Å². The number of carbonyl (C=O) groups is 2. The van der Waals surface area contributed by atoms with Crippen LogP contribution in [0.4, 0.5) is 0 Å². The van der Waals surface area contributed by atoms with Crippen molar-refractivity contribution in [3.8, 4) is 11.1 Å². The van der Waals surface area contributed by atoms with Gasteiger partial charge in [-0.25, -0.2) is 4.79 Å². The van der Waals surface area contributed by atoms with Crippen molar-refractivity contribution >= 4 is 11.9 Å². The third kappa shape index (κ3) is 4.77. The Kier molecular flexibility index (Phi) is 6.94. The van der Waals surface area contributed by atoms with Crippen LogP contribution < -0.4 is 5.32 Å². The lowest BCUT2D eigenvalue weighted by Gasteiger charge is -2.52. The Hall–Kier alpha value is -3.40. The van der Waals surface area contributed by atoms with Crippen molar-refractivity contribution in [2.24, 2.45) is 11.3 Å². The lowest BCUT2D eigenvalue weighted by molar-refractivity contribution is 0.0653. The fourth-order valence-corrected chi connectivity index (χ4v) is 6.90. The van der Waals surface area contributed by atoms with Crippen LogP contribution in [0.1, 0.15) is 96.7 Å². The first-order valence-electron chi connectivity index (χ1n) is 13.9. The molecule has 5 rings (SSSR count). The zero-order valence-electron chi connectivity index (χ0n) is 23.0. The minimum Gasteiger partial charge on any atom is -0.478 e. The number of carboxylic acids is 1. The van der Waals surface area contributed by atoms with Gasteiger partial charge in [-0.3, -0.25) is 4.79 Å². The van der Waals surface area contributed by atoms with Crippen molar-refractivity contribution in [1.82, 2.24) is 5.32 Å². The summed E-state index contributed by atoms with van der Waals surface area (Å²) in [4.78, 5) is 25.3. The summed E-state index contributed by atoms with van der Waals surface area (Å²) in [5.41, 5.74) is 6.65. The second kappa shape index (κ2) is 10.1. The van der Waals surface area contributed by atoms with E-state index in [0.29, 0.717) is 35.1 Å². The second-order valence-corrected chi connectivity index (χ2v) is 12.3. The quantitative estimate of drug-likeness (QED) is 0.359. The molecule has 1 fully saturated rings. The van der Waals surface area contributed by atoms with Crippen molar-refractivity contribution in [3.63, 3.8) is 0 Å². The number of benzene rings is 3. The number of nitrogens with one attached hydrogen (secondary N) is 1. The van der Waals surface area contributed by atoms with E-state index in [1.807, 2.05) is 24.3 Å². The van der Waals surface area contributed by atoms with Crippen LogP contribution in [0.15, 0.2) is 66.7 Å². The van der Waals surface area contributed by atoms with E-state index in [1.165, 1.54) is 23.1 Å². The van der Waals surface area contributed by atoms with Gasteiger partial charge in [0.25, 0.3) is 5.91 Å². The van der Waals surface area contributed by atoms with E-state index >= 15 is 0 Å². The fourth-order valence-electron chi connectivity index (χ4n) is 6.90. The predicted molar refractivity (Wildman–Crippen MR) is 153 cm³/mol. The van der Waals surface area contributed by atoms with E-state index in [9.17, 15) is 14.7 Å². The molecule has 4 heteroatoms. The molecule has 1 amide bonds. The average molecular weight is 510 g/mol. The van der Waals surface area contributed by atoms with E-state index in [2.05, 4.69) is 51.2 Å². The molecule has 2 N–H and O–H groups in total. The average Bonchev–Trinajstić information content (AvgIpc) is 2.92. The van der Waals surface area contributed by atoms with E-state index in [-0.39, 0.29) is 22.3 Å². The van der Waals surface area contributed by atoms with Gasteiger partial charge in [-0.05, 0) is 94.7 Å². The Morgan fingerprint density at radius 1 is 0.947 bits per heavy atom. The summed E-state index contributed by atoms with van der Waals surface area (Å²) in [6.07, 6.45) is 5.62. The Morgan fingerprint density at radius 3 is 2.29 bits per heavy atom. The summed E-state index contributed by atoms with van der Waals surface area (Å²) < 4.78 is 0. The lowest BCUT2D eigenvalue weighted by Crippen LogP contribution is -2.48. The van der Waals surface area contributed by atoms with Gasteiger partial charge in [0, 0.05) is 12.1 Å². The van der Waals surface area contributed by atoms with Crippen LogP contribution >= 0.6 is 0 Å². The summed E-state index contributed by atoms with van der Waals surface area (Å²) in [5.74, 6) is 0.00530. The monoisotopic (exact) mass is 509 g/mol. The third-order valence-corrected chi connectivity index (χ3v) is 9.36. The first-order valence-corrected chi connectivity index (χ1v) is 13.9. The molecule has 4 nitrogen and oxygen atoms in total. The smallest absolute Gasteiger partial charge is 0.336 e. The van der Waals surface area contributed by atoms with Crippen molar-refractivity contribution in [2.75, 3.05) is 6.54 Å². The molecular formula is C34H39NO3. The molecule has 1 saturated carbocycles. The zero-order valence-corrected chi connectivity index (χ0v) is 23.0. The molecule has 0 radical (unpaired) electrons. The van der Waals surface area contributed by atoms with E-state index in [4.69, 9.17) is 0 Å². The van der Waals surface area contributed by atoms with E-state index < -0.39 is 5.97 Å². The van der Waals surface area contributed by atoms with Crippen molar-refractivity contribution in [3.05, 3.63) is 94.5 Å². The number of hydrogen-bond acceptors (Lipinski definition) is 2. The molecule has 0 aliphatic heterocycles. The van der Waals surface area contributed by atoms with E-state index in [1.54, 1.807) is 24.3 Å². The first kappa shape index (κ1) is 26.2. The zero-order chi connectivity index (χ0) is 27.1. The minimum atomic E-state index is -0.997. The highest BCUT2D eigenvalue weighted by molar-refractivity contribution is 6.04. The van der Waals surface area contributed by atoms with Crippen LogP contribution in [0.2, 0.25) is 0 Å². The molecule has 0 unspecified atom stereocenters. The minimum absolute atomic E-state index is 0.0309. The van der Waals surface area contributed by atoms with Gasteiger partial charge in [-0.2, -0.15) is 0 Å².